The molecule has 0 saturated carbocycles. The van der Waals surface area contributed by atoms with Gasteiger partial charge in [-0.3, -0.25) is 9.59 Å². The average Bonchev–Trinajstić information content (AvgIpc) is 3.45. The molecule has 0 bridgehead atoms. The Labute approximate surface area is 332 Å². The van der Waals surface area contributed by atoms with Crippen molar-refractivity contribution in [2.24, 2.45) is 21.7 Å². The molecule has 6 rings (SSSR count). The molecule has 2 fully saturated rings. The Morgan fingerprint density at radius 2 is 1.35 bits per heavy atom. The SMILES string of the molecule is CC1(C)OCC(CC#CC(=O)C(C)(C)C)(C/C=C/c2ccccc2Cl)CO1.CC1(C)OCC2(CO1)Cc1cc3c(Cl)cccc3c(C(=O)C(C)(C)C)c1C2. The number of fused-ring (bicyclic) bond motifs is 2. The fraction of sp³-hybridized carbons (Fsp3) is 0.522. The van der Waals surface area contributed by atoms with E-state index in [9.17, 15) is 9.59 Å². The predicted molar refractivity (Wildman–Crippen MR) is 219 cm³/mol. The molecule has 0 unspecified atom stereocenters. The second kappa shape index (κ2) is 15.8. The predicted octanol–water partition coefficient (Wildman–Crippen LogP) is 11.1. The highest BCUT2D eigenvalue weighted by molar-refractivity contribution is 6.36. The molecule has 3 aliphatic rings. The summed E-state index contributed by atoms with van der Waals surface area (Å²) in [6.07, 6.45) is 7.02. The zero-order valence-electron chi connectivity index (χ0n) is 33.6. The van der Waals surface area contributed by atoms with Gasteiger partial charge in [-0.15, -0.1) is 0 Å². The summed E-state index contributed by atoms with van der Waals surface area (Å²) in [5.74, 6) is 4.84. The summed E-state index contributed by atoms with van der Waals surface area (Å²) in [6.45, 7) is 21.6. The lowest BCUT2D eigenvalue weighted by atomic mass is 9.80. The van der Waals surface area contributed by atoms with Gasteiger partial charge in [-0.1, -0.05) is 113 Å². The second-order valence-corrected chi connectivity index (χ2v) is 19.1. The fourth-order valence-corrected chi connectivity index (χ4v) is 7.27. The standard InChI is InChI=1S/C23H27ClO3.C23H29ClO3/c1-21(2,3)20(25)19-15-7-6-8-18(24)16(15)9-14-10-23(11-17(14)19)12-26-22(4,5)27-13-23;1-21(2,3)20(25)13-9-15-23(16-26-22(4,5)27-17-23)14-8-11-18-10-6-7-12-19(18)24/h6-9H,10-13H2,1-5H3;6-8,10-12H,14-17H2,1-5H3/b;11-8+. The number of Topliss-reactive ketones (excluding diaryl/α,β-unsaturated/α-hetero) is 2. The molecule has 0 amide bonds. The van der Waals surface area contributed by atoms with Crippen molar-refractivity contribution < 1.29 is 28.5 Å². The molecule has 2 aliphatic heterocycles. The van der Waals surface area contributed by atoms with Crippen molar-refractivity contribution in [2.75, 3.05) is 26.4 Å². The van der Waals surface area contributed by atoms with Crippen LogP contribution in [-0.4, -0.2) is 49.6 Å². The lowest BCUT2D eigenvalue weighted by molar-refractivity contribution is -0.284. The molecule has 0 atom stereocenters. The van der Waals surface area contributed by atoms with Crippen LogP contribution >= 0.6 is 23.2 Å². The van der Waals surface area contributed by atoms with Crippen molar-refractivity contribution in [3.8, 4) is 11.8 Å². The Morgan fingerprint density at radius 3 is 1.94 bits per heavy atom. The van der Waals surface area contributed by atoms with Crippen molar-refractivity contribution in [1.29, 1.82) is 0 Å². The monoisotopic (exact) mass is 774 g/mol. The molecule has 0 radical (unpaired) electrons. The maximum Gasteiger partial charge on any atom is 0.210 e. The van der Waals surface area contributed by atoms with E-state index in [1.807, 2.05) is 118 Å². The molecule has 1 aliphatic carbocycles. The molecule has 0 N–H and O–H groups in total. The smallest absolute Gasteiger partial charge is 0.210 e. The first-order valence-electron chi connectivity index (χ1n) is 18.8. The van der Waals surface area contributed by atoms with E-state index < -0.39 is 22.4 Å². The van der Waals surface area contributed by atoms with Crippen molar-refractivity contribution in [2.45, 2.75) is 106 Å². The molecule has 2 saturated heterocycles. The summed E-state index contributed by atoms with van der Waals surface area (Å²) in [6, 6.07) is 15.7. The van der Waals surface area contributed by atoms with Crippen molar-refractivity contribution in [1.82, 2.24) is 0 Å². The maximum absolute atomic E-state index is 13.4. The van der Waals surface area contributed by atoms with Gasteiger partial charge in [0.1, 0.15) is 0 Å². The van der Waals surface area contributed by atoms with Gasteiger partial charge in [-0.25, -0.2) is 0 Å². The van der Waals surface area contributed by atoms with E-state index in [2.05, 4.69) is 24.0 Å². The Bertz CT molecular complexity index is 1960. The van der Waals surface area contributed by atoms with Gasteiger partial charge in [0.05, 0.1) is 26.4 Å². The zero-order chi connectivity index (χ0) is 39.7. The molecule has 290 valence electrons. The van der Waals surface area contributed by atoms with Crippen LogP contribution in [0, 0.1) is 33.5 Å². The molecule has 8 heteroatoms. The summed E-state index contributed by atoms with van der Waals surface area (Å²) >= 11 is 12.7. The number of rotatable bonds is 5. The van der Waals surface area contributed by atoms with Gasteiger partial charge in [0.2, 0.25) is 5.78 Å². The van der Waals surface area contributed by atoms with Crippen molar-refractivity contribution in [3.63, 3.8) is 0 Å². The third-order valence-electron chi connectivity index (χ3n) is 10.4. The second-order valence-electron chi connectivity index (χ2n) is 18.3. The fourth-order valence-electron chi connectivity index (χ4n) is 6.84. The van der Waals surface area contributed by atoms with Crippen LogP contribution in [0.5, 0.6) is 0 Å². The van der Waals surface area contributed by atoms with Gasteiger partial charge in [0.15, 0.2) is 17.4 Å². The minimum Gasteiger partial charge on any atom is -0.350 e. The van der Waals surface area contributed by atoms with E-state index in [1.54, 1.807) is 0 Å². The minimum absolute atomic E-state index is 0.0535. The topological polar surface area (TPSA) is 71.1 Å². The number of hydrogen-bond donors (Lipinski definition) is 0. The van der Waals surface area contributed by atoms with Crippen molar-refractivity contribution in [3.05, 3.63) is 86.9 Å². The quantitative estimate of drug-likeness (QED) is 0.146. The van der Waals surface area contributed by atoms with Gasteiger partial charge >= 0.3 is 0 Å². The van der Waals surface area contributed by atoms with Gasteiger partial charge in [0, 0.05) is 49.1 Å². The molecule has 2 heterocycles. The molecule has 1 spiro atoms. The van der Waals surface area contributed by atoms with Crippen LogP contribution in [0.15, 0.2) is 54.6 Å². The lowest BCUT2D eigenvalue weighted by Gasteiger charge is -2.42. The number of hydrogen-bond acceptors (Lipinski definition) is 6. The highest BCUT2D eigenvalue weighted by Crippen LogP contribution is 2.47. The van der Waals surface area contributed by atoms with E-state index in [0.717, 1.165) is 51.7 Å². The van der Waals surface area contributed by atoms with E-state index in [1.165, 1.54) is 5.56 Å². The zero-order valence-corrected chi connectivity index (χ0v) is 35.1. The number of ether oxygens (including phenoxy) is 4. The number of carbonyl (C=O) groups excluding carboxylic acids is 2. The highest BCUT2D eigenvalue weighted by Gasteiger charge is 2.46. The van der Waals surface area contributed by atoms with Crippen LogP contribution in [0.3, 0.4) is 0 Å². The van der Waals surface area contributed by atoms with Crippen LogP contribution in [0.2, 0.25) is 10.0 Å². The third kappa shape index (κ3) is 10.0. The first-order chi connectivity index (χ1) is 25.0. The van der Waals surface area contributed by atoms with E-state index in [4.69, 9.17) is 42.1 Å². The van der Waals surface area contributed by atoms with Gasteiger partial charge in [-0.05, 0) is 93.2 Å². The Kier molecular flexibility index (Phi) is 12.4. The average molecular weight is 776 g/mol. The Morgan fingerprint density at radius 1 is 0.759 bits per heavy atom. The number of ketones is 2. The summed E-state index contributed by atoms with van der Waals surface area (Å²) < 4.78 is 23.8. The largest absolute Gasteiger partial charge is 0.350 e. The van der Waals surface area contributed by atoms with E-state index in [-0.39, 0.29) is 22.4 Å². The van der Waals surface area contributed by atoms with Crippen LogP contribution < -0.4 is 0 Å². The number of benzene rings is 3. The molecule has 54 heavy (non-hydrogen) atoms. The molecule has 3 aromatic carbocycles. The van der Waals surface area contributed by atoms with Crippen LogP contribution in [-0.2, 0) is 36.6 Å². The number of allylic oxidation sites excluding steroid dienone is 1. The Balaban J connectivity index is 0.000000208. The van der Waals surface area contributed by atoms with Crippen LogP contribution in [0.1, 0.15) is 109 Å². The van der Waals surface area contributed by atoms with E-state index >= 15 is 0 Å². The van der Waals surface area contributed by atoms with Gasteiger partial charge in [0.25, 0.3) is 0 Å². The molecular weight excluding hydrogens is 719 g/mol. The van der Waals surface area contributed by atoms with Crippen LogP contribution in [0.4, 0.5) is 0 Å². The number of carbonyl (C=O) groups is 2. The van der Waals surface area contributed by atoms with Gasteiger partial charge < -0.3 is 18.9 Å². The minimum atomic E-state index is -0.593. The summed E-state index contributed by atoms with van der Waals surface area (Å²) in [4.78, 5) is 25.5. The molecule has 3 aromatic rings. The normalized spacial score (nSPS) is 19.8. The highest BCUT2D eigenvalue weighted by atomic mass is 35.5. The molecular formula is C46H56Cl2O6. The molecule has 6 nitrogen and oxygen atoms in total. The molecule has 0 aromatic heterocycles. The Hall–Kier alpha value is -3.02. The lowest BCUT2D eigenvalue weighted by Crippen LogP contribution is -2.47. The summed E-state index contributed by atoms with van der Waals surface area (Å²) in [5.41, 5.74) is 2.87. The van der Waals surface area contributed by atoms with E-state index in [0.29, 0.717) is 37.9 Å². The first kappa shape index (κ1) is 42.1. The first-order valence-corrected chi connectivity index (χ1v) is 19.6. The number of halogens is 2. The summed E-state index contributed by atoms with van der Waals surface area (Å²) in [7, 11) is 0. The van der Waals surface area contributed by atoms with Crippen LogP contribution in [0.25, 0.3) is 16.8 Å². The van der Waals surface area contributed by atoms with Crippen molar-refractivity contribution >= 4 is 51.6 Å². The summed E-state index contributed by atoms with van der Waals surface area (Å²) in [5, 5.41) is 3.32. The third-order valence-corrected chi connectivity index (χ3v) is 11.0. The van der Waals surface area contributed by atoms with Gasteiger partial charge in [-0.2, -0.15) is 0 Å². The maximum atomic E-state index is 13.4.